The maximum absolute atomic E-state index is 10.7. The minimum absolute atomic E-state index is 0.0576. The first kappa shape index (κ1) is 12.6. The van der Waals surface area contributed by atoms with Gasteiger partial charge in [-0.05, 0) is 18.6 Å². The molecule has 0 saturated heterocycles. The Kier molecular flexibility index (Phi) is 4.69. The van der Waals surface area contributed by atoms with Gasteiger partial charge in [-0.1, -0.05) is 31.9 Å². The highest BCUT2D eigenvalue weighted by atomic mass is 79.9. The van der Waals surface area contributed by atoms with Crippen molar-refractivity contribution in [3.05, 3.63) is 38.3 Å². The average molecular weight is 339 g/mol. The van der Waals surface area contributed by atoms with Crippen LogP contribution in [0.15, 0.2) is 22.7 Å². The van der Waals surface area contributed by atoms with E-state index >= 15 is 0 Å². The quantitative estimate of drug-likeness (QED) is 0.521. The van der Waals surface area contributed by atoms with Crippen LogP contribution in [0, 0.1) is 10.1 Å². The summed E-state index contributed by atoms with van der Waals surface area (Å²) in [6.07, 6.45) is -0.361. The first-order valence-corrected chi connectivity index (χ1v) is 6.15. The largest absolute Gasteiger partial charge is 0.388 e. The Morgan fingerprint density at radius 3 is 2.73 bits per heavy atom. The van der Waals surface area contributed by atoms with E-state index in [1.54, 1.807) is 12.1 Å². The van der Waals surface area contributed by atoms with E-state index in [2.05, 4.69) is 31.9 Å². The van der Waals surface area contributed by atoms with Gasteiger partial charge in [-0.25, -0.2) is 0 Å². The van der Waals surface area contributed by atoms with Gasteiger partial charge < -0.3 is 5.11 Å². The normalized spacial score (nSPS) is 12.5. The van der Waals surface area contributed by atoms with Crippen molar-refractivity contribution in [2.24, 2.45) is 0 Å². The summed E-state index contributed by atoms with van der Waals surface area (Å²) in [7, 11) is 0. The Bertz CT molecular complexity index is 370. The molecule has 0 radical (unpaired) electrons. The van der Waals surface area contributed by atoms with Crippen molar-refractivity contribution in [3.63, 3.8) is 0 Å². The first-order chi connectivity index (χ1) is 7.06. The third-order valence-electron chi connectivity index (χ3n) is 1.93. The number of aliphatic hydroxyl groups excluding tert-OH is 1. The van der Waals surface area contributed by atoms with Crippen LogP contribution in [-0.2, 0) is 0 Å². The Hall–Kier alpha value is -0.460. The molecule has 0 heterocycles. The van der Waals surface area contributed by atoms with Crippen molar-refractivity contribution in [2.45, 2.75) is 12.5 Å². The van der Waals surface area contributed by atoms with E-state index in [0.29, 0.717) is 21.8 Å². The Labute approximate surface area is 104 Å². The molecule has 1 aromatic carbocycles. The zero-order chi connectivity index (χ0) is 11.4. The summed E-state index contributed by atoms with van der Waals surface area (Å²) in [4.78, 5) is 10.3. The molecule has 0 saturated carbocycles. The summed E-state index contributed by atoms with van der Waals surface area (Å²) in [5.74, 6) is 0. The minimum atomic E-state index is -0.808. The minimum Gasteiger partial charge on any atom is -0.388 e. The third kappa shape index (κ3) is 3.25. The molecule has 1 rings (SSSR count). The van der Waals surface area contributed by atoms with Gasteiger partial charge in [0.15, 0.2) is 0 Å². The second kappa shape index (κ2) is 5.58. The summed E-state index contributed by atoms with van der Waals surface area (Å²) in [5.41, 5.74) is 0.292. The molecule has 0 aromatic heterocycles. The van der Waals surface area contributed by atoms with Gasteiger partial charge in [-0.3, -0.25) is 10.1 Å². The van der Waals surface area contributed by atoms with E-state index in [9.17, 15) is 15.2 Å². The molecule has 0 spiro atoms. The molecule has 0 bridgehead atoms. The van der Waals surface area contributed by atoms with Gasteiger partial charge >= 0.3 is 0 Å². The number of nitrogens with zero attached hydrogens (tertiary/aromatic N) is 1. The summed E-state index contributed by atoms with van der Waals surface area (Å²) in [6, 6.07) is 4.64. The van der Waals surface area contributed by atoms with Gasteiger partial charge in [0.05, 0.1) is 16.6 Å². The number of nitro groups is 1. The zero-order valence-electron chi connectivity index (χ0n) is 7.69. The lowest BCUT2D eigenvalue weighted by atomic mass is 10.1. The first-order valence-electron chi connectivity index (χ1n) is 4.24. The zero-order valence-corrected chi connectivity index (χ0v) is 10.9. The third-order valence-corrected chi connectivity index (χ3v) is 2.88. The highest BCUT2D eigenvalue weighted by Gasteiger charge is 2.19. The van der Waals surface area contributed by atoms with Crippen LogP contribution >= 0.6 is 31.9 Å². The molecule has 0 aliphatic heterocycles. The monoisotopic (exact) mass is 337 g/mol. The smallest absolute Gasteiger partial charge is 0.276 e. The lowest BCUT2D eigenvalue weighted by Gasteiger charge is -2.09. The van der Waals surface area contributed by atoms with Crippen LogP contribution in [0.25, 0.3) is 0 Å². The number of hydrogen-bond acceptors (Lipinski definition) is 3. The summed E-state index contributed by atoms with van der Waals surface area (Å²) in [5, 5.41) is 21.0. The molecule has 4 nitrogen and oxygen atoms in total. The maximum atomic E-state index is 10.7. The Morgan fingerprint density at radius 1 is 1.53 bits per heavy atom. The van der Waals surface area contributed by atoms with Gasteiger partial charge in [0.25, 0.3) is 5.69 Å². The Balaban J connectivity index is 3.10. The SMILES string of the molecule is O=[N+]([O-])c1cc(Br)ccc1C(O)CCBr. The van der Waals surface area contributed by atoms with E-state index in [1.165, 1.54) is 6.07 Å². The molecule has 1 aromatic rings. The van der Waals surface area contributed by atoms with Crippen molar-refractivity contribution in [1.29, 1.82) is 0 Å². The number of benzene rings is 1. The highest BCUT2D eigenvalue weighted by molar-refractivity contribution is 9.10. The number of nitro benzene ring substituents is 1. The second-order valence-electron chi connectivity index (χ2n) is 2.95. The number of hydrogen-bond donors (Lipinski definition) is 1. The van der Waals surface area contributed by atoms with E-state index in [4.69, 9.17) is 0 Å². The predicted molar refractivity (Wildman–Crippen MR) is 64.2 cm³/mol. The van der Waals surface area contributed by atoms with Crippen LogP contribution in [0.2, 0.25) is 0 Å². The van der Waals surface area contributed by atoms with E-state index in [1.807, 2.05) is 0 Å². The van der Waals surface area contributed by atoms with Gasteiger partial charge in [0.1, 0.15) is 0 Å². The van der Waals surface area contributed by atoms with Crippen LogP contribution in [-0.4, -0.2) is 15.4 Å². The fraction of sp³-hybridized carbons (Fsp3) is 0.333. The van der Waals surface area contributed by atoms with Crippen molar-refractivity contribution in [2.75, 3.05) is 5.33 Å². The molecule has 15 heavy (non-hydrogen) atoms. The van der Waals surface area contributed by atoms with Crippen LogP contribution in [0.4, 0.5) is 5.69 Å². The molecule has 82 valence electrons. The number of alkyl halides is 1. The summed E-state index contributed by atoms with van der Waals surface area (Å²) >= 11 is 6.34. The molecular formula is C9H9Br2NO3. The van der Waals surface area contributed by atoms with Gasteiger partial charge in [-0.2, -0.15) is 0 Å². The molecule has 0 aliphatic carbocycles. The van der Waals surface area contributed by atoms with E-state index in [0.717, 1.165) is 0 Å². The van der Waals surface area contributed by atoms with Crippen molar-refractivity contribution >= 4 is 37.5 Å². The fourth-order valence-electron chi connectivity index (χ4n) is 1.22. The second-order valence-corrected chi connectivity index (χ2v) is 4.66. The van der Waals surface area contributed by atoms with Crippen molar-refractivity contribution < 1.29 is 10.0 Å². The maximum Gasteiger partial charge on any atom is 0.276 e. The molecule has 0 fully saturated rings. The number of aliphatic hydroxyl groups is 1. The summed E-state index contributed by atoms with van der Waals surface area (Å²) in [6.45, 7) is 0. The van der Waals surface area contributed by atoms with Crippen LogP contribution in [0.3, 0.4) is 0 Å². The average Bonchev–Trinajstić information content (AvgIpc) is 2.17. The molecule has 6 heteroatoms. The van der Waals surface area contributed by atoms with Crippen LogP contribution in [0.5, 0.6) is 0 Å². The molecular weight excluding hydrogens is 330 g/mol. The van der Waals surface area contributed by atoms with E-state index in [-0.39, 0.29) is 5.69 Å². The van der Waals surface area contributed by atoms with Gasteiger partial charge in [0.2, 0.25) is 0 Å². The fourth-order valence-corrected chi connectivity index (χ4v) is 2.00. The Morgan fingerprint density at radius 2 is 2.20 bits per heavy atom. The van der Waals surface area contributed by atoms with Gasteiger partial charge in [0, 0.05) is 15.9 Å². The molecule has 1 N–H and O–H groups in total. The number of rotatable bonds is 4. The topological polar surface area (TPSA) is 63.4 Å². The van der Waals surface area contributed by atoms with Crippen molar-refractivity contribution in [3.8, 4) is 0 Å². The molecule has 0 aliphatic rings. The lowest BCUT2D eigenvalue weighted by Crippen LogP contribution is -2.02. The standard InChI is InChI=1S/C9H9Br2NO3/c10-4-3-9(13)7-2-1-6(11)5-8(7)12(14)15/h1-2,5,9,13H,3-4H2. The summed E-state index contributed by atoms with van der Waals surface area (Å²) < 4.78 is 0.629. The molecule has 1 unspecified atom stereocenters. The van der Waals surface area contributed by atoms with Crippen molar-refractivity contribution in [1.82, 2.24) is 0 Å². The van der Waals surface area contributed by atoms with Crippen LogP contribution in [0.1, 0.15) is 18.1 Å². The molecule has 1 atom stereocenters. The predicted octanol–water partition coefficient (Wildman–Crippen LogP) is 3.18. The molecule has 0 amide bonds. The number of halogens is 2. The lowest BCUT2D eigenvalue weighted by molar-refractivity contribution is -0.386. The highest BCUT2D eigenvalue weighted by Crippen LogP contribution is 2.30. The van der Waals surface area contributed by atoms with Crippen LogP contribution < -0.4 is 0 Å². The van der Waals surface area contributed by atoms with E-state index < -0.39 is 11.0 Å². The van der Waals surface area contributed by atoms with Gasteiger partial charge in [-0.15, -0.1) is 0 Å².